The number of fused-ring (bicyclic) bond motifs is 1. The van der Waals surface area contributed by atoms with Gasteiger partial charge in [0.25, 0.3) is 0 Å². The molecule has 1 aliphatic rings. The van der Waals surface area contributed by atoms with E-state index >= 15 is 0 Å². The van der Waals surface area contributed by atoms with Crippen molar-refractivity contribution in [2.24, 2.45) is 5.92 Å². The van der Waals surface area contributed by atoms with Crippen molar-refractivity contribution in [3.63, 3.8) is 0 Å². The molecule has 0 spiro atoms. The molecule has 0 saturated carbocycles. The van der Waals surface area contributed by atoms with Crippen LogP contribution in [0.25, 0.3) is 0 Å². The molecule has 3 heterocycles. The van der Waals surface area contributed by atoms with E-state index in [1.165, 1.54) is 0 Å². The SMILES string of the molecule is CC(C)CNCc1csc(N2CCn3ccnc3C2)n1. The average molecular weight is 291 g/mol. The van der Waals surface area contributed by atoms with Gasteiger partial charge in [-0.15, -0.1) is 11.3 Å². The van der Waals surface area contributed by atoms with Crippen LogP contribution < -0.4 is 10.2 Å². The molecule has 0 aliphatic carbocycles. The van der Waals surface area contributed by atoms with Crippen LogP contribution in [0.3, 0.4) is 0 Å². The number of aromatic nitrogens is 3. The molecule has 0 amide bonds. The highest BCUT2D eigenvalue weighted by Crippen LogP contribution is 2.24. The summed E-state index contributed by atoms with van der Waals surface area (Å²) in [7, 11) is 0. The first kappa shape index (κ1) is 13.6. The first-order chi connectivity index (χ1) is 9.72. The van der Waals surface area contributed by atoms with Gasteiger partial charge in [-0.1, -0.05) is 13.8 Å². The van der Waals surface area contributed by atoms with Crippen molar-refractivity contribution in [2.75, 3.05) is 18.0 Å². The summed E-state index contributed by atoms with van der Waals surface area (Å²) >= 11 is 1.73. The monoisotopic (exact) mass is 291 g/mol. The van der Waals surface area contributed by atoms with E-state index in [0.717, 1.165) is 49.4 Å². The topological polar surface area (TPSA) is 46.0 Å². The summed E-state index contributed by atoms with van der Waals surface area (Å²) in [6.07, 6.45) is 3.93. The number of hydrogen-bond donors (Lipinski definition) is 1. The molecular formula is C14H21N5S. The van der Waals surface area contributed by atoms with E-state index in [1.54, 1.807) is 11.3 Å². The molecule has 1 aliphatic heterocycles. The molecular weight excluding hydrogens is 270 g/mol. The molecule has 6 heteroatoms. The predicted octanol–water partition coefficient (Wildman–Crippen LogP) is 2.11. The van der Waals surface area contributed by atoms with Crippen LogP contribution in [0.4, 0.5) is 5.13 Å². The normalized spacial score (nSPS) is 14.8. The van der Waals surface area contributed by atoms with Gasteiger partial charge in [-0.05, 0) is 12.5 Å². The van der Waals surface area contributed by atoms with Crippen molar-refractivity contribution >= 4 is 16.5 Å². The number of nitrogens with one attached hydrogen (secondary N) is 1. The van der Waals surface area contributed by atoms with E-state index < -0.39 is 0 Å². The Morgan fingerprint density at radius 1 is 1.40 bits per heavy atom. The summed E-state index contributed by atoms with van der Waals surface area (Å²) in [5.74, 6) is 1.81. The molecule has 0 saturated heterocycles. The number of imidazole rings is 1. The molecule has 5 nitrogen and oxygen atoms in total. The number of thiazole rings is 1. The van der Waals surface area contributed by atoms with Crippen LogP contribution in [0, 0.1) is 5.92 Å². The number of rotatable bonds is 5. The summed E-state index contributed by atoms with van der Waals surface area (Å²) in [5, 5.41) is 6.71. The Balaban J connectivity index is 1.60. The van der Waals surface area contributed by atoms with Crippen molar-refractivity contribution in [2.45, 2.75) is 33.5 Å². The Labute approximate surface area is 123 Å². The van der Waals surface area contributed by atoms with Gasteiger partial charge < -0.3 is 14.8 Å². The zero-order chi connectivity index (χ0) is 13.9. The van der Waals surface area contributed by atoms with Gasteiger partial charge in [-0.3, -0.25) is 0 Å². The maximum atomic E-state index is 4.73. The maximum absolute atomic E-state index is 4.73. The average Bonchev–Trinajstić information content (AvgIpc) is 3.05. The summed E-state index contributed by atoms with van der Waals surface area (Å²) < 4.78 is 2.22. The summed E-state index contributed by atoms with van der Waals surface area (Å²) in [4.78, 5) is 11.4. The molecule has 0 fully saturated rings. The Morgan fingerprint density at radius 3 is 3.15 bits per heavy atom. The lowest BCUT2D eigenvalue weighted by molar-refractivity contribution is 0.546. The van der Waals surface area contributed by atoms with E-state index in [9.17, 15) is 0 Å². The molecule has 0 aromatic carbocycles. The van der Waals surface area contributed by atoms with Gasteiger partial charge in [0.2, 0.25) is 0 Å². The van der Waals surface area contributed by atoms with Gasteiger partial charge in [0.1, 0.15) is 5.82 Å². The minimum Gasteiger partial charge on any atom is -0.339 e. The van der Waals surface area contributed by atoms with E-state index in [-0.39, 0.29) is 0 Å². The number of hydrogen-bond acceptors (Lipinski definition) is 5. The Morgan fingerprint density at radius 2 is 2.30 bits per heavy atom. The van der Waals surface area contributed by atoms with Gasteiger partial charge in [0.05, 0.1) is 12.2 Å². The first-order valence-electron chi connectivity index (χ1n) is 7.12. The van der Waals surface area contributed by atoms with Gasteiger partial charge in [-0.2, -0.15) is 0 Å². The molecule has 2 aromatic rings. The summed E-state index contributed by atoms with van der Waals surface area (Å²) in [6, 6.07) is 0. The second-order valence-corrected chi connectivity index (χ2v) is 6.44. The minimum atomic E-state index is 0.675. The lowest BCUT2D eigenvalue weighted by Crippen LogP contribution is -2.33. The van der Waals surface area contributed by atoms with Crippen molar-refractivity contribution in [3.05, 3.63) is 29.3 Å². The molecule has 0 radical (unpaired) electrons. The van der Waals surface area contributed by atoms with Crippen molar-refractivity contribution in [3.8, 4) is 0 Å². The Kier molecular flexibility index (Phi) is 4.03. The zero-order valence-electron chi connectivity index (χ0n) is 12.0. The van der Waals surface area contributed by atoms with E-state index in [1.807, 2.05) is 6.20 Å². The van der Waals surface area contributed by atoms with Crippen molar-refractivity contribution in [1.29, 1.82) is 0 Å². The van der Waals surface area contributed by atoms with Gasteiger partial charge in [0, 0.05) is 37.4 Å². The fourth-order valence-electron chi connectivity index (χ4n) is 2.35. The fraction of sp³-hybridized carbons (Fsp3) is 0.571. The maximum Gasteiger partial charge on any atom is 0.186 e. The Hall–Kier alpha value is -1.40. The third kappa shape index (κ3) is 3.02. The highest BCUT2D eigenvalue weighted by atomic mass is 32.1. The van der Waals surface area contributed by atoms with Crippen molar-refractivity contribution in [1.82, 2.24) is 19.9 Å². The quantitative estimate of drug-likeness (QED) is 0.916. The van der Waals surface area contributed by atoms with Crippen LogP contribution in [0.5, 0.6) is 0 Å². The molecule has 0 atom stereocenters. The van der Waals surface area contributed by atoms with E-state index in [2.05, 4.69) is 45.2 Å². The van der Waals surface area contributed by atoms with Gasteiger partial charge >= 0.3 is 0 Å². The molecule has 3 rings (SSSR count). The van der Waals surface area contributed by atoms with Crippen LogP contribution in [-0.2, 0) is 19.6 Å². The molecule has 20 heavy (non-hydrogen) atoms. The first-order valence-corrected chi connectivity index (χ1v) is 8.00. The predicted molar refractivity (Wildman–Crippen MR) is 81.9 cm³/mol. The second-order valence-electron chi connectivity index (χ2n) is 5.60. The third-order valence-electron chi connectivity index (χ3n) is 3.41. The molecule has 0 unspecified atom stereocenters. The zero-order valence-corrected chi connectivity index (χ0v) is 12.9. The highest BCUT2D eigenvalue weighted by molar-refractivity contribution is 7.13. The lowest BCUT2D eigenvalue weighted by atomic mass is 10.2. The summed E-state index contributed by atoms with van der Waals surface area (Å²) in [6.45, 7) is 9.20. The Bertz CT molecular complexity index is 559. The minimum absolute atomic E-state index is 0.675. The lowest BCUT2D eigenvalue weighted by Gasteiger charge is -2.27. The van der Waals surface area contributed by atoms with Crippen LogP contribution in [0.15, 0.2) is 17.8 Å². The fourth-order valence-corrected chi connectivity index (χ4v) is 3.20. The smallest absolute Gasteiger partial charge is 0.186 e. The van der Waals surface area contributed by atoms with Crippen LogP contribution in [-0.4, -0.2) is 27.6 Å². The third-order valence-corrected chi connectivity index (χ3v) is 4.36. The van der Waals surface area contributed by atoms with Gasteiger partial charge in [0.15, 0.2) is 5.13 Å². The molecule has 108 valence electrons. The largest absolute Gasteiger partial charge is 0.339 e. The molecule has 0 bridgehead atoms. The number of nitrogens with zero attached hydrogens (tertiary/aromatic N) is 4. The van der Waals surface area contributed by atoms with Crippen LogP contribution in [0.2, 0.25) is 0 Å². The van der Waals surface area contributed by atoms with Crippen molar-refractivity contribution < 1.29 is 0 Å². The second kappa shape index (κ2) is 5.93. The highest BCUT2D eigenvalue weighted by Gasteiger charge is 2.19. The van der Waals surface area contributed by atoms with Crippen LogP contribution in [0.1, 0.15) is 25.4 Å². The number of anilines is 1. The van der Waals surface area contributed by atoms with E-state index in [0.29, 0.717) is 5.92 Å². The van der Waals surface area contributed by atoms with Crippen LogP contribution >= 0.6 is 11.3 Å². The standard InChI is InChI=1S/C14H21N5S/c1-11(2)7-15-8-12-10-20-14(17-12)19-6-5-18-4-3-16-13(18)9-19/h3-4,10-11,15H,5-9H2,1-2H3. The van der Waals surface area contributed by atoms with Gasteiger partial charge in [-0.25, -0.2) is 9.97 Å². The summed E-state index contributed by atoms with van der Waals surface area (Å²) in [5.41, 5.74) is 1.14. The molecule has 1 N–H and O–H groups in total. The van der Waals surface area contributed by atoms with E-state index in [4.69, 9.17) is 4.98 Å². The molecule has 2 aromatic heterocycles.